The highest BCUT2D eigenvalue weighted by molar-refractivity contribution is 7.31. The summed E-state index contributed by atoms with van der Waals surface area (Å²) in [4.78, 5) is 6.41. The Morgan fingerprint density at radius 3 is 2.35 bits per heavy atom. The Labute approximate surface area is 213 Å². The van der Waals surface area contributed by atoms with E-state index in [4.69, 9.17) is 4.98 Å². The van der Waals surface area contributed by atoms with Gasteiger partial charge < -0.3 is 0 Å². The fraction of sp³-hybridized carbons (Fsp3) is 0.300. The zero-order valence-electron chi connectivity index (χ0n) is 20.6. The predicted octanol–water partition coefficient (Wildman–Crippen LogP) is 10.4. The number of hydrogen-bond donors (Lipinski definition) is 0. The van der Waals surface area contributed by atoms with Gasteiger partial charge in [0.2, 0.25) is 0 Å². The monoisotopic (exact) mass is 499 g/mol. The molecule has 0 saturated carbocycles. The highest BCUT2D eigenvalue weighted by atomic mass is 32.1. The zero-order chi connectivity index (χ0) is 23.8. The van der Waals surface area contributed by atoms with Crippen molar-refractivity contribution >= 4 is 74.4 Å². The molecular formula is C30H29NS3. The molecule has 34 heavy (non-hydrogen) atoms. The molecule has 4 heterocycles. The number of hydrogen-bond acceptors (Lipinski definition) is 4. The van der Waals surface area contributed by atoms with Crippen LogP contribution in [-0.2, 0) is 11.8 Å². The third-order valence-corrected chi connectivity index (χ3v) is 10.3. The largest absolute Gasteiger partial charge is 0.255 e. The second-order valence-electron chi connectivity index (χ2n) is 10.8. The maximum atomic E-state index is 4.95. The van der Waals surface area contributed by atoms with Gasteiger partial charge in [0.15, 0.2) is 0 Å². The average molecular weight is 500 g/mol. The summed E-state index contributed by atoms with van der Waals surface area (Å²) >= 11 is 5.74. The van der Waals surface area contributed by atoms with Crippen molar-refractivity contribution in [1.29, 1.82) is 0 Å². The molecule has 4 aromatic heterocycles. The topological polar surface area (TPSA) is 12.9 Å². The molecule has 0 aliphatic carbocycles. The lowest BCUT2D eigenvalue weighted by Gasteiger charge is -2.21. The molecule has 0 unspecified atom stereocenters. The summed E-state index contributed by atoms with van der Waals surface area (Å²) in [5.41, 5.74) is 5.36. The standard InChI is InChI=1S/C30H29NS3/c1-16(2)13-23-17(3)33-28-21(23)8-7-20-22-9-11-31-25(27(22)34-29(20)28)19-14-18-10-12-32-26(18)24(15-19)30(4,5)6/h7-12,14-16H,13H2,1-6H3. The first-order valence-corrected chi connectivity index (χ1v) is 14.5. The summed E-state index contributed by atoms with van der Waals surface area (Å²) in [7, 11) is 0. The molecule has 0 N–H and O–H groups in total. The quantitative estimate of drug-likeness (QED) is 0.236. The first kappa shape index (κ1) is 22.2. The van der Waals surface area contributed by atoms with Crippen LogP contribution in [0.1, 0.15) is 50.6 Å². The van der Waals surface area contributed by atoms with Crippen molar-refractivity contribution < 1.29 is 0 Å². The van der Waals surface area contributed by atoms with Gasteiger partial charge in [0.1, 0.15) is 0 Å². The van der Waals surface area contributed by atoms with Gasteiger partial charge in [-0.05, 0) is 76.2 Å². The van der Waals surface area contributed by atoms with Crippen molar-refractivity contribution in [3.8, 4) is 11.3 Å². The van der Waals surface area contributed by atoms with Crippen LogP contribution >= 0.6 is 34.0 Å². The highest BCUT2D eigenvalue weighted by Crippen LogP contribution is 2.46. The van der Waals surface area contributed by atoms with E-state index in [1.54, 1.807) is 0 Å². The fourth-order valence-electron chi connectivity index (χ4n) is 5.13. The van der Waals surface area contributed by atoms with E-state index in [1.807, 2.05) is 40.2 Å². The normalized spacial score (nSPS) is 12.8. The third-order valence-electron chi connectivity index (χ3n) is 6.76. The van der Waals surface area contributed by atoms with Crippen LogP contribution in [0.4, 0.5) is 0 Å². The number of aryl methyl sites for hydroxylation is 1. The van der Waals surface area contributed by atoms with E-state index in [2.05, 4.69) is 83.3 Å². The van der Waals surface area contributed by atoms with Crippen molar-refractivity contribution in [2.75, 3.05) is 0 Å². The Morgan fingerprint density at radius 2 is 1.59 bits per heavy atom. The molecule has 0 spiro atoms. The summed E-state index contributed by atoms with van der Waals surface area (Å²) in [5, 5.41) is 7.66. The lowest BCUT2D eigenvalue weighted by atomic mass is 9.85. The first-order chi connectivity index (χ1) is 16.2. The molecule has 6 rings (SSSR count). The van der Waals surface area contributed by atoms with Crippen molar-refractivity contribution in [3.05, 3.63) is 64.0 Å². The van der Waals surface area contributed by atoms with Crippen LogP contribution in [0, 0.1) is 12.8 Å². The third kappa shape index (κ3) is 3.42. The summed E-state index contributed by atoms with van der Waals surface area (Å²) < 4.78 is 5.56. The second-order valence-corrected chi connectivity index (χ2v) is 14.0. The molecule has 0 fully saturated rings. The van der Waals surface area contributed by atoms with Crippen LogP contribution in [0.15, 0.2) is 48.0 Å². The lowest BCUT2D eigenvalue weighted by Crippen LogP contribution is -2.11. The summed E-state index contributed by atoms with van der Waals surface area (Å²) in [6, 6.07) is 13.9. The van der Waals surface area contributed by atoms with Gasteiger partial charge in [-0.25, -0.2) is 0 Å². The van der Waals surface area contributed by atoms with Crippen LogP contribution in [0.2, 0.25) is 0 Å². The fourth-order valence-corrected chi connectivity index (χ4v) is 8.86. The lowest BCUT2D eigenvalue weighted by molar-refractivity contribution is 0.597. The van der Waals surface area contributed by atoms with Gasteiger partial charge in [0.05, 0.1) is 19.8 Å². The van der Waals surface area contributed by atoms with Gasteiger partial charge >= 0.3 is 0 Å². The molecule has 0 atom stereocenters. The Morgan fingerprint density at radius 1 is 0.853 bits per heavy atom. The average Bonchev–Trinajstić information content (AvgIpc) is 3.47. The van der Waals surface area contributed by atoms with E-state index in [0.717, 1.165) is 12.1 Å². The minimum Gasteiger partial charge on any atom is -0.255 e. The van der Waals surface area contributed by atoms with Gasteiger partial charge in [0, 0.05) is 32.1 Å². The maximum Gasteiger partial charge on any atom is 0.0880 e. The molecule has 0 radical (unpaired) electrons. The Kier molecular flexibility index (Phi) is 5.14. The van der Waals surface area contributed by atoms with Crippen LogP contribution in [0.25, 0.3) is 51.6 Å². The van der Waals surface area contributed by atoms with Crippen molar-refractivity contribution in [2.24, 2.45) is 5.92 Å². The van der Waals surface area contributed by atoms with Gasteiger partial charge in [-0.3, -0.25) is 4.98 Å². The van der Waals surface area contributed by atoms with Crippen molar-refractivity contribution in [3.63, 3.8) is 0 Å². The number of benzene rings is 2. The van der Waals surface area contributed by atoms with E-state index in [9.17, 15) is 0 Å². The molecule has 0 aliphatic rings. The van der Waals surface area contributed by atoms with Crippen LogP contribution in [0.3, 0.4) is 0 Å². The van der Waals surface area contributed by atoms with Crippen molar-refractivity contribution in [1.82, 2.24) is 4.98 Å². The molecule has 172 valence electrons. The molecule has 6 aromatic rings. The van der Waals surface area contributed by atoms with Gasteiger partial charge in [-0.15, -0.1) is 34.0 Å². The smallest absolute Gasteiger partial charge is 0.0880 e. The predicted molar refractivity (Wildman–Crippen MR) is 155 cm³/mol. The summed E-state index contributed by atoms with van der Waals surface area (Å²) in [5.74, 6) is 0.662. The number of thiophene rings is 3. The molecule has 1 nitrogen and oxygen atoms in total. The second kappa shape index (κ2) is 7.87. The van der Waals surface area contributed by atoms with E-state index >= 15 is 0 Å². The maximum absolute atomic E-state index is 4.95. The number of fused-ring (bicyclic) bond motifs is 6. The number of nitrogens with zero attached hydrogens (tertiary/aromatic N) is 1. The summed E-state index contributed by atoms with van der Waals surface area (Å²) in [6.07, 6.45) is 3.14. The minimum atomic E-state index is 0.0840. The Hall–Kier alpha value is -2.27. The summed E-state index contributed by atoms with van der Waals surface area (Å²) in [6.45, 7) is 13.8. The van der Waals surface area contributed by atoms with Gasteiger partial charge in [0.25, 0.3) is 0 Å². The minimum absolute atomic E-state index is 0.0840. The molecule has 0 bridgehead atoms. The number of aromatic nitrogens is 1. The van der Waals surface area contributed by atoms with E-state index < -0.39 is 0 Å². The first-order valence-electron chi connectivity index (χ1n) is 12.0. The Bertz CT molecular complexity index is 1700. The van der Waals surface area contributed by atoms with Crippen LogP contribution in [-0.4, -0.2) is 4.98 Å². The van der Waals surface area contributed by atoms with Crippen LogP contribution < -0.4 is 0 Å². The van der Waals surface area contributed by atoms with E-state index in [0.29, 0.717) is 5.92 Å². The molecule has 0 saturated heterocycles. The SMILES string of the molecule is Cc1sc2c(ccc3c4ccnc(-c5cc(C(C)(C)C)c6sccc6c5)c4sc32)c1CC(C)C. The zero-order valence-corrected chi connectivity index (χ0v) is 23.0. The molecule has 0 aliphatic heterocycles. The number of pyridine rings is 1. The van der Waals surface area contributed by atoms with E-state index in [-0.39, 0.29) is 5.41 Å². The van der Waals surface area contributed by atoms with Crippen molar-refractivity contribution in [2.45, 2.75) is 53.4 Å². The van der Waals surface area contributed by atoms with Gasteiger partial charge in [-0.1, -0.05) is 46.8 Å². The molecule has 4 heteroatoms. The number of rotatable bonds is 3. The van der Waals surface area contributed by atoms with Crippen LogP contribution in [0.5, 0.6) is 0 Å². The molecular weight excluding hydrogens is 471 g/mol. The Balaban J connectivity index is 1.64. The highest BCUT2D eigenvalue weighted by Gasteiger charge is 2.22. The molecule has 2 aromatic carbocycles. The molecule has 0 amide bonds. The van der Waals surface area contributed by atoms with E-state index in [1.165, 1.54) is 61.9 Å². The van der Waals surface area contributed by atoms with Gasteiger partial charge in [-0.2, -0.15) is 0 Å².